The molecule has 6 heteroatoms. The van der Waals surface area contributed by atoms with Gasteiger partial charge in [0.25, 0.3) is 0 Å². The number of carbonyl (C=O) groups is 1. The summed E-state index contributed by atoms with van der Waals surface area (Å²) in [5.74, 6) is -0.554. The second-order valence-corrected chi connectivity index (χ2v) is 4.07. The summed E-state index contributed by atoms with van der Waals surface area (Å²) in [5.41, 5.74) is 11.7. The zero-order chi connectivity index (χ0) is 15.5. The minimum Gasteiger partial charge on any atom is -0.504 e. The van der Waals surface area contributed by atoms with E-state index in [4.69, 9.17) is 21.7 Å². The lowest BCUT2D eigenvalue weighted by Gasteiger charge is -2.00. The quantitative estimate of drug-likeness (QED) is 0.358. The zero-order valence-electron chi connectivity index (χ0n) is 11.6. The molecule has 112 valence electrons. The van der Waals surface area contributed by atoms with Gasteiger partial charge in [0.2, 0.25) is 0 Å². The molecule has 0 aliphatic rings. The number of esters is 1. The van der Waals surface area contributed by atoms with E-state index < -0.39 is 0 Å². The van der Waals surface area contributed by atoms with Crippen LogP contribution in [0, 0.1) is 0 Å². The Hall–Kier alpha value is -2.05. The Kier molecular flexibility index (Phi) is 8.82. The fourth-order valence-electron chi connectivity index (χ4n) is 1.17. The molecule has 0 bridgehead atoms. The Morgan fingerprint density at radius 1 is 1.25 bits per heavy atom. The molecule has 20 heavy (non-hydrogen) atoms. The van der Waals surface area contributed by atoms with E-state index in [0.717, 1.165) is 5.56 Å². The summed E-state index contributed by atoms with van der Waals surface area (Å²) in [4.78, 5) is 10.5. The first-order valence-electron chi connectivity index (χ1n) is 6.16. The average Bonchev–Trinajstić information content (AvgIpc) is 2.41. The molecule has 0 aliphatic carbocycles. The minimum atomic E-state index is -0.375. The van der Waals surface area contributed by atoms with Crippen LogP contribution < -0.4 is 11.5 Å². The van der Waals surface area contributed by atoms with Gasteiger partial charge in [0.05, 0.1) is 0 Å². The molecule has 6 nitrogen and oxygen atoms in total. The highest BCUT2D eigenvalue weighted by atomic mass is 16.5. The molecular weight excluding hydrogens is 260 g/mol. The Bertz CT molecular complexity index is 447. The Balaban J connectivity index is 0.000000370. The molecule has 0 radical (unpaired) electrons. The number of ether oxygens (including phenoxy) is 1. The van der Waals surface area contributed by atoms with Crippen LogP contribution in [0.4, 0.5) is 0 Å². The van der Waals surface area contributed by atoms with E-state index >= 15 is 0 Å². The number of hydrogen-bond donors (Lipinski definition) is 4. The van der Waals surface area contributed by atoms with Gasteiger partial charge in [-0.25, -0.2) is 4.79 Å². The van der Waals surface area contributed by atoms with E-state index in [1.165, 1.54) is 12.1 Å². The second-order valence-electron chi connectivity index (χ2n) is 4.07. The third-order valence-electron chi connectivity index (χ3n) is 2.17. The van der Waals surface area contributed by atoms with Crippen molar-refractivity contribution >= 4 is 5.97 Å². The largest absolute Gasteiger partial charge is 0.504 e. The van der Waals surface area contributed by atoms with E-state index in [1.54, 1.807) is 13.0 Å². The smallest absolute Gasteiger partial charge is 0.333 e. The molecule has 0 aliphatic heterocycles. The predicted octanol–water partition coefficient (Wildman–Crippen LogP) is 0.663. The maximum atomic E-state index is 10.5. The highest BCUT2D eigenvalue weighted by Gasteiger charge is 1.99. The van der Waals surface area contributed by atoms with Gasteiger partial charge < -0.3 is 26.4 Å². The lowest BCUT2D eigenvalue weighted by atomic mass is 10.1. The Morgan fingerprint density at radius 3 is 2.35 bits per heavy atom. The molecule has 0 fully saturated rings. The van der Waals surface area contributed by atoms with Gasteiger partial charge in [-0.3, -0.25) is 0 Å². The third-order valence-corrected chi connectivity index (χ3v) is 2.17. The van der Waals surface area contributed by atoms with Crippen LogP contribution in [-0.4, -0.2) is 35.9 Å². The van der Waals surface area contributed by atoms with Crippen molar-refractivity contribution < 1.29 is 19.7 Å². The van der Waals surface area contributed by atoms with Crippen molar-refractivity contribution in [3.63, 3.8) is 0 Å². The van der Waals surface area contributed by atoms with Crippen molar-refractivity contribution in [3.8, 4) is 11.5 Å². The van der Waals surface area contributed by atoms with E-state index in [1.807, 2.05) is 0 Å². The van der Waals surface area contributed by atoms with Crippen molar-refractivity contribution in [2.75, 3.05) is 19.7 Å². The van der Waals surface area contributed by atoms with Gasteiger partial charge >= 0.3 is 5.97 Å². The number of nitrogens with two attached hydrogens (primary N) is 2. The molecule has 0 spiro atoms. The SMILES string of the molecule is C=C(C)C(=O)OCCN.NCCc1ccc(O)c(O)c1. The second kappa shape index (κ2) is 9.82. The van der Waals surface area contributed by atoms with Crippen LogP contribution in [0.25, 0.3) is 0 Å². The van der Waals surface area contributed by atoms with Crippen LogP contribution in [0.15, 0.2) is 30.4 Å². The Labute approximate surface area is 118 Å². The van der Waals surface area contributed by atoms with Gasteiger partial charge in [0.1, 0.15) is 6.61 Å². The Morgan fingerprint density at radius 2 is 1.90 bits per heavy atom. The van der Waals surface area contributed by atoms with Gasteiger partial charge in [-0.05, 0) is 37.6 Å². The predicted molar refractivity (Wildman–Crippen MR) is 77.4 cm³/mol. The van der Waals surface area contributed by atoms with E-state index in [-0.39, 0.29) is 24.1 Å². The van der Waals surface area contributed by atoms with Crippen LogP contribution in [0.2, 0.25) is 0 Å². The van der Waals surface area contributed by atoms with Gasteiger partial charge in [0, 0.05) is 12.1 Å². The number of benzene rings is 1. The van der Waals surface area contributed by atoms with Crippen molar-refractivity contribution in [2.24, 2.45) is 11.5 Å². The number of phenols is 2. The number of carbonyl (C=O) groups excluding carboxylic acids is 1. The van der Waals surface area contributed by atoms with Crippen LogP contribution in [0.5, 0.6) is 11.5 Å². The number of phenolic OH excluding ortho intramolecular Hbond substituents is 2. The molecule has 1 aromatic rings. The summed E-state index contributed by atoms with van der Waals surface area (Å²) in [6.45, 7) is 6.16. The highest BCUT2D eigenvalue weighted by Crippen LogP contribution is 2.24. The first-order chi connectivity index (χ1) is 9.42. The normalized spacial score (nSPS) is 9.35. The van der Waals surface area contributed by atoms with Crippen molar-refractivity contribution in [1.29, 1.82) is 0 Å². The van der Waals surface area contributed by atoms with Crippen molar-refractivity contribution in [3.05, 3.63) is 35.9 Å². The summed E-state index contributed by atoms with van der Waals surface area (Å²) in [6, 6.07) is 4.71. The van der Waals surface area contributed by atoms with Crippen LogP contribution >= 0.6 is 0 Å². The van der Waals surface area contributed by atoms with E-state index in [2.05, 4.69) is 11.3 Å². The van der Waals surface area contributed by atoms with Gasteiger partial charge in [0.15, 0.2) is 11.5 Å². The summed E-state index contributed by atoms with van der Waals surface area (Å²) in [5, 5.41) is 18.0. The molecule has 1 aromatic carbocycles. The molecule has 0 atom stereocenters. The van der Waals surface area contributed by atoms with Crippen molar-refractivity contribution in [1.82, 2.24) is 0 Å². The summed E-state index contributed by atoms with van der Waals surface area (Å²) in [6.07, 6.45) is 0.716. The molecule has 0 aromatic heterocycles. The lowest BCUT2D eigenvalue weighted by molar-refractivity contribution is -0.138. The van der Waals surface area contributed by atoms with Crippen molar-refractivity contribution in [2.45, 2.75) is 13.3 Å². The molecule has 6 N–H and O–H groups in total. The molecular formula is C14H22N2O4. The topological polar surface area (TPSA) is 119 Å². The summed E-state index contributed by atoms with van der Waals surface area (Å²) >= 11 is 0. The van der Waals surface area contributed by atoms with Crippen LogP contribution in [0.1, 0.15) is 12.5 Å². The molecule has 0 unspecified atom stereocenters. The van der Waals surface area contributed by atoms with Gasteiger partial charge in [-0.1, -0.05) is 12.6 Å². The average molecular weight is 282 g/mol. The molecule has 1 rings (SSSR count). The molecule has 0 amide bonds. The van der Waals surface area contributed by atoms with Crippen LogP contribution in [-0.2, 0) is 16.0 Å². The first kappa shape index (κ1) is 17.9. The number of aromatic hydroxyl groups is 2. The fraction of sp³-hybridized carbons (Fsp3) is 0.357. The summed E-state index contributed by atoms with van der Waals surface area (Å²) < 4.78 is 4.59. The maximum absolute atomic E-state index is 10.5. The van der Waals surface area contributed by atoms with E-state index in [9.17, 15) is 4.79 Å². The zero-order valence-corrected chi connectivity index (χ0v) is 11.6. The molecule has 0 saturated heterocycles. The highest BCUT2D eigenvalue weighted by molar-refractivity contribution is 5.86. The monoisotopic (exact) mass is 282 g/mol. The van der Waals surface area contributed by atoms with Gasteiger partial charge in [-0.2, -0.15) is 0 Å². The summed E-state index contributed by atoms with van der Waals surface area (Å²) in [7, 11) is 0. The third kappa shape index (κ3) is 7.40. The first-order valence-corrected chi connectivity index (χ1v) is 6.16. The fourth-order valence-corrected chi connectivity index (χ4v) is 1.17. The maximum Gasteiger partial charge on any atom is 0.333 e. The minimum absolute atomic E-state index is 0.0871. The van der Waals surface area contributed by atoms with E-state index in [0.29, 0.717) is 25.1 Å². The number of hydrogen-bond acceptors (Lipinski definition) is 6. The van der Waals surface area contributed by atoms with Crippen LogP contribution in [0.3, 0.4) is 0 Å². The molecule has 0 heterocycles. The molecule has 0 saturated carbocycles. The number of rotatable bonds is 5. The van der Waals surface area contributed by atoms with Gasteiger partial charge in [-0.15, -0.1) is 0 Å². The standard InChI is InChI=1S/C8H11NO2.C6H11NO2/c9-4-3-6-1-2-7(10)8(11)5-6;1-5(2)6(8)9-4-3-7/h1-2,5,10-11H,3-4,9H2;1,3-4,7H2,2H3. The lowest BCUT2D eigenvalue weighted by Crippen LogP contribution is -2.13.